The molecule has 0 saturated heterocycles. The van der Waals surface area contributed by atoms with E-state index in [1.807, 2.05) is 0 Å². The Balaban J connectivity index is 3.24. The van der Waals surface area contributed by atoms with Crippen molar-refractivity contribution in [3.8, 4) is 11.6 Å². The van der Waals surface area contributed by atoms with Crippen molar-refractivity contribution in [1.29, 1.82) is 0 Å². The van der Waals surface area contributed by atoms with E-state index >= 15 is 0 Å². The van der Waals surface area contributed by atoms with Crippen LogP contribution in [0.15, 0.2) is 6.07 Å². The second kappa shape index (κ2) is 5.19. The second-order valence-corrected chi connectivity index (χ2v) is 3.02. The van der Waals surface area contributed by atoms with Crippen LogP contribution < -0.4 is 15.2 Å². The number of halogens is 3. The number of aliphatic hydroxyl groups excluding tert-OH is 1. The molecule has 0 fully saturated rings. The summed E-state index contributed by atoms with van der Waals surface area (Å²) in [7, 11) is 1.18. The van der Waals surface area contributed by atoms with Gasteiger partial charge in [0.15, 0.2) is 5.75 Å². The first-order valence-corrected chi connectivity index (χ1v) is 4.54. The van der Waals surface area contributed by atoms with E-state index in [0.717, 1.165) is 0 Å². The van der Waals surface area contributed by atoms with E-state index in [-0.39, 0.29) is 23.6 Å². The lowest BCUT2D eigenvalue weighted by atomic mass is 10.2. The number of methoxy groups -OCH3 is 1. The fourth-order valence-corrected chi connectivity index (χ4v) is 1.25. The number of aromatic nitrogens is 1. The fraction of sp³-hybridized carbons (Fsp3) is 0.444. The summed E-state index contributed by atoms with van der Waals surface area (Å²) in [5, 5.41) is 8.86. The zero-order chi connectivity index (χ0) is 13.1. The Hall–Kier alpha value is -1.54. The summed E-state index contributed by atoms with van der Waals surface area (Å²) >= 11 is 0. The van der Waals surface area contributed by atoms with Crippen LogP contribution >= 0.6 is 0 Å². The van der Waals surface area contributed by atoms with E-state index in [2.05, 4.69) is 9.72 Å². The summed E-state index contributed by atoms with van der Waals surface area (Å²) in [6.07, 6.45) is -4.89. The maximum atomic E-state index is 12.1. The molecule has 5 nitrogen and oxygen atoms in total. The van der Waals surface area contributed by atoms with Gasteiger partial charge in [0, 0.05) is 12.1 Å². The quantitative estimate of drug-likeness (QED) is 0.833. The number of nitrogens with zero attached hydrogens (tertiary/aromatic N) is 1. The Kier molecular flexibility index (Phi) is 4.13. The van der Waals surface area contributed by atoms with Gasteiger partial charge >= 0.3 is 6.36 Å². The van der Waals surface area contributed by atoms with Gasteiger partial charge < -0.3 is 20.3 Å². The number of hydrogen-bond acceptors (Lipinski definition) is 5. The van der Waals surface area contributed by atoms with E-state index < -0.39 is 18.8 Å². The maximum absolute atomic E-state index is 12.1. The monoisotopic (exact) mass is 252 g/mol. The topological polar surface area (TPSA) is 77.6 Å². The van der Waals surface area contributed by atoms with Crippen molar-refractivity contribution < 1.29 is 27.8 Å². The molecule has 0 spiro atoms. The Bertz CT molecular complexity index is 396. The maximum Gasteiger partial charge on any atom is 0.574 e. The Morgan fingerprint density at radius 1 is 1.47 bits per heavy atom. The number of aliphatic hydroxyl groups is 1. The van der Waals surface area contributed by atoms with Crippen LogP contribution in [-0.4, -0.2) is 23.6 Å². The number of rotatable bonds is 4. The van der Waals surface area contributed by atoms with Crippen LogP contribution in [0.5, 0.6) is 11.6 Å². The lowest BCUT2D eigenvalue weighted by Crippen LogP contribution is -2.19. The minimum absolute atomic E-state index is 0.0190. The highest BCUT2D eigenvalue weighted by Crippen LogP contribution is 2.33. The lowest BCUT2D eigenvalue weighted by molar-refractivity contribution is -0.276. The van der Waals surface area contributed by atoms with Crippen molar-refractivity contribution in [2.24, 2.45) is 5.73 Å². The molecule has 0 aliphatic carbocycles. The second-order valence-electron chi connectivity index (χ2n) is 3.02. The van der Waals surface area contributed by atoms with Gasteiger partial charge in [0.25, 0.3) is 5.88 Å². The molecule has 3 N–H and O–H groups in total. The molecule has 1 heterocycles. The minimum Gasteiger partial charge on any atom is -0.491 e. The highest BCUT2D eigenvalue weighted by molar-refractivity contribution is 5.43. The molecular formula is C9H11F3N2O3. The van der Waals surface area contributed by atoms with Crippen molar-refractivity contribution in [3.05, 3.63) is 17.3 Å². The molecule has 0 radical (unpaired) electrons. The highest BCUT2D eigenvalue weighted by Gasteiger charge is 2.34. The van der Waals surface area contributed by atoms with Gasteiger partial charge in [0.1, 0.15) is 0 Å². The molecule has 96 valence electrons. The number of nitrogens with two attached hydrogens (primary N) is 1. The smallest absolute Gasteiger partial charge is 0.491 e. The van der Waals surface area contributed by atoms with Crippen LogP contribution in [0.25, 0.3) is 0 Å². The lowest BCUT2D eigenvalue weighted by Gasteiger charge is -2.15. The van der Waals surface area contributed by atoms with Crippen molar-refractivity contribution >= 4 is 0 Å². The molecule has 0 aliphatic rings. The predicted octanol–water partition coefficient (Wildman–Crippen LogP) is 0.940. The normalized spacial score (nSPS) is 11.4. The summed E-state index contributed by atoms with van der Waals surface area (Å²) in [5.74, 6) is -0.950. The van der Waals surface area contributed by atoms with Gasteiger partial charge in [-0.2, -0.15) is 0 Å². The average molecular weight is 252 g/mol. The third-order valence-electron chi connectivity index (χ3n) is 1.87. The molecule has 8 heteroatoms. The van der Waals surface area contributed by atoms with E-state index in [1.54, 1.807) is 0 Å². The molecule has 1 aromatic rings. The molecule has 0 atom stereocenters. The van der Waals surface area contributed by atoms with Crippen LogP contribution in [0.3, 0.4) is 0 Å². The van der Waals surface area contributed by atoms with Gasteiger partial charge in [-0.1, -0.05) is 0 Å². The van der Waals surface area contributed by atoms with Crippen LogP contribution in [-0.2, 0) is 13.2 Å². The molecule has 0 amide bonds. The van der Waals surface area contributed by atoms with Gasteiger partial charge in [-0.15, -0.1) is 13.2 Å². The molecule has 0 aliphatic heterocycles. The largest absolute Gasteiger partial charge is 0.574 e. The third kappa shape index (κ3) is 3.46. The molecule has 0 unspecified atom stereocenters. The van der Waals surface area contributed by atoms with Crippen molar-refractivity contribution in [2.75, 3.05) is 7.11 Å². The standard InChI is InChI=1S/C9H11F3N2O3/c1-16-7-5(3-13)2-6(4-15)14-8(7)17-9(10,11)12/h2,15H,3-4,13H2,1H3. The molecule has 17 heavy (non-hydrogen) atoms. The number of alkyl halides is 3. The third-order valence-corrected chi connectivity index (χ3v) is 1.87. The van der Waals surface area contributed by atoms with Gasteiger partial charge in [0.05, 0.1) is 19.4 Å². The van der Waals surface area contributed by atoms with Crippen molar-refractivity contribution in [3.63, 3.8) is 0 Å². The van der Waals surface area contributed by atoms with Crippen LogP contribution in [0.4, 0.5) is 13.2 Å². The van der Waals surface area contributed by atoms with E-state index in [1.165, 1.54) is 13.2 Å². The molecule has 1 aromatic heterocycles. The average Bonchev–Trinajstić information content (AvgIpc) is 2.25. The Labute approximate surface area is 95.0 Å². The zero-order valence-electron chi connectivity index (χ0n) is 8.91. The van der Waals surface area contributed by atoms with E-state index in [9.17, 15) is 13.2 Å². The predicted molar refractivity (Wildman–Crippen MR) is 51.3 cm³/mol. The van der Waals surface area contributed by atoms with Gasteiger partial charge in [-0.3, -0.25) is 0 Å². The van der Waals surface area contributed by atoms with Gasteiger partial charge in [-0.25, -0.2) is 4.98 Å². The van der Waals surface area contributed by atoms with Crippen LogP contribution in [0.1, 0.15) is 11.3 Å². The van der Waals surface area contributed by atoms with Gasteiger partial charge in [-0.05, 0) is 6.07 Å². The molecule has 1 rings (SSSR count). The summed E-state index contributed by atoms with van der Waals surface area (Å²) < 4.78 is 44.8. The molecule has 0 saturated carbocycles. The Morgan fingerprint density at radius 2 is 2.12 bits per heavy atom. The molecular weight excluding hydrogens is 241 g/mol. The van der Waals surface area contributed by atoms with Gasteiger partial charge in [0.2, 0.25) is 0 Å². The molecule has 0 bridgehead atoms. The first kappa shape index (κ1) is 13.5. The number of pyridine rings is 1. The summed E-state index contributed by atoms with van der Waals surface area (Å²) in [6.45, 7) is -0.585. The number of hydrogen-bond donors (Lipinski definition) is 2. The van der Waals surface area contributed by atoms with Crippen molar-refractivity contribution in [1.82, 2.24) is 4.98 Å². The summed E-state index contributed by atoms with van der Waals surface area (Å²) in [6, 6.07) is 1.35. The Morgan fingerprint density at radius 3 is 2.53 bits per heavy atom. The molecule has 0 aromatic carbocycles. The van der Waals surface area contributed by atoms with Crippen molar-refractivity contribution in [2.45, 2.75) is 19.5 Å². The summed E-state index contributed by atoms with van der Waals surface area (Å²) in [4.78, 5) is 3.48. The fourth-order valence-electron chi connectivity index (χ4n) is 1.25. The highest BCUT2D eigenvalue weighted by atomic mass is 19.4. The number of ether oxygens (including phenoxy) is 2. The zero-order valence-corrected chi connectivity index (χ0v) is 8.91. The first-order chi connectivity index (χ1) is 7.91. The van der Waals surface area contributed by atoms with E-state index in [4.69, 9.17) is 15.6 Å². The summed E-state index contributed by atoms with van der Waals surface area (Å²) in [5.41, 5.74) is 5.64. The SMILES string of the molecule is COc1c(CN)cc(CO)nc1OC(F)(F)F. The van der Waals surface area contributed by atoms with Crippen LogP contribution in [0, 0.1) is 0 Å². The minimum atomic E-state index is -4.89. The first-order valence-electron chi connectivity index (χ1n) is 4.54. The van der Waals surface area contributed by atoms with Crippen LogP contribution in [0.2, 0.25) is 0 Å². The van der Waals surface area contributed by atoms with E-state index in [0.29, 0.717) is 0 Å².